The van der Waals surface area contributed by atoms with Crippen LogP contribution in [0.5, 0.6) is 0 Å². The lowest BCUT2D eigenvalue weighted by Crippen LogP contribution is -2.43. The number of urea groups is 1. The zero-order valence-corrected chi connectivity index (χ0v) is 17.0. The molecule has 2 rings (SSSR count). The molecule has 6 heteroatoms. The van der Waals surface area contributed by atoms with Crippen molar-refractivity contribution in [3.63, 3.8) is 0 Å². The number of hydrogen-bond donors (Lipinski definition) is 1. The van der Waals surface area contributed by atoms with Gasteiger partial charge in [0.15, 0.2) is 0 Å². The molecule has 1 aromatic carbocycles. The van der Waals surface area contributed by atoms with E-state index in [2.05, 4.69) is 6.58 Å². The summed E-state index contributed by atoms with van der Waals surface area (Å²) in [7, 11) is 0. The molecule has 1 aliphatic heterocycles. The molecule has 0 aliphatic carbocycles. The smallest absolute Gasteiger partial charge is 0.335 e. The Morgan fingerprint density at radius 1 is 1.19 bits per heavy atom. The molecule has 0 spiro atoms. The Labute approximate surface area is 161 Å². The first-order chi connectivity index (χ1) is 12.7. The maximum atomic E-state index is 12.1. The second-order valence-corrected chi connectivity index (χ2v) is 5.82. The SMILES string of the molecule is C=C/C(=C\C)N1C(=O)N(CC)C(C)(C)C1=O.CC.O=C(O)c1ccccc1. The van der Waals surface area contributed by atoms with Gasteiger partial charge in [-0.15, -0.1) is 0 Å². The number of allylic oxidation sites excluding steroid dienone is 2. The number of carboxylic acid groups (broad SMARTS) is 1. The van der Waals surface area contributed by atoms with Crippen LogP contribution in [0.4, 0.5) is 4.79 Å². The van der Waals surface area contributed by atoms with E-state index in [0.717, 1.165) is 0 Å². The summed E-state index contributed by atoms with van der Waals surface area (Å²) >= 11 is 0. The topological polar surface area (TPSA) is 77.9 Å². The molecule has 27 heavy (non-hydrogen) atoms. The molecule has 0 atom stereocenters. The number of amides is 3. The number of hydrogen-bond acceptors (Lipinski definition) is 3. The maximum Gasteiger partial charge on any atom is 0.335 e. The molecule has 1 saturated heterocycles. The third kappa shape index (κ3) is 5.54. The molecule has 1 heterocycles. The van der Waals surface area contributed by atoms with Crippen LogP contribution in [0, 0.1) is 0 Å². The van der Waals surface area contributed by atoms with Crippen molar-refractivity contribution in [3.8, 4) is 0 Å². The van der Waals surface area contributed by atoms with Crippen molar-refractivity contribution in [1.29, 1.82) is 0 Å². The summed E-state index contributed by atoms with van der Waals surface area (Å²) in [5.41, 5.74) is 0.0971. The third-order valence-electron chi connectivity index (χ3n) is 3.92. The highest BCUT2D eigenvalue weighted by Crippen LogP contribution is 2.30. The van der Waals surface area contributed by atoms with Gasteiger partial charge in [-0.05, 0) is 45.9 Å². The van der Waals surface area contributed by atoms with E-state index in [1.54, 1.807) is 62.1 Å². The van der Waals surface area contributed by atoms with Crippen molar-refractivity contribution in [1.82, 2.24) is 9.80 Å². The minimum atomic E-state index is -0.879. The molecule has 0 unspecified atom stereocenters. The molecule has 6 nitrogen and oxygen atoms in total. The molecular weight excluding hydrogens is 344 g/mol. The fourth-order valence-electron chi connectivity index (χ4n) is 2.51. The minimum absolute atomic E-state index is 0.202. The second kappa shape index (κ2) is 11.0. The normalized spacial score (nSPS) is 15.4. The predicted octanol–water partition coefficient (Wildman–Crippen LogP) is 4.55. The van der Waals surface area contributed by atoms with Crippen LogP contribution in [0.25, 0.3) is 0 Å². The van der Waals surface area contributed by atoms with Crippen molar-refractivity contribution in [2.75, 3.05) is 6.54 Å². The van der Waals surface area contributed by atoms with Crippen LogP contribution in [0.15, 0.2) is 54.8 Å². The maximum absolute atomic E-state index is 12.1. The number of carbonyl (C=O) groups excluding carboxylic acids is 2. The lowest BCUT2D eigenvalue weighted by atomic mass is 10.0. The summed E-state index contributed by atoms with van der Waals surface area (Å²) in [4.78, 5) is 37.2. The van der Waals surface area contributed by atoms with E-state index < -0.39 is 11.5 Å². The lowest BCUT2D eigenvalue weighted by Gasteiger charge is -2.25. The molecule has 3 amide bonds. The minimum Gasteiger partial charge on any atom is -0.478 e. The summed E-state index contributed by atoms with van der Waals surface area (Å²) in [6.45, 7) is 15.3. The number of rotatable bonds is 4. The van der Waals surface area contributed by atoms with Gasteiger partial charge in [0.2, 0.25) is 0 Å². The van der Waals surface area contributed by atoms with Crippen LogP contribution in [0.3, 0.4) is 0 Å². The summed E-state index contributed by atoms with van der Waals surface area (Å²) < 4.78 is 0. The number of carbonyl (C=O) groups is 3. The zero-order valence-electron chi connectivity index (χ0n) is 17.0. The summed E-state index contributed by atoms with van der Waals surface area (Å²) in [5, 5.41) is 8.38. The van der Waals surface area contributed by atoms with E-state index in [4.69, 9.17) is 5.11 Å². The Hall–Kier alpha value is -2.89. The van der Waals surface area contributed by atoms with Gasteiger partial charge in [-0.1, -0.05) is 44.7 Å². The van der Waals surface area contributed by atoms with Gasteiger partial charge < -0.3 is 10.0 Å². The van der Waals surface area contributed by atoms with Gasteiger partial charge >= 0.3 is 12.0 Å². The van der Waals surface area contributed by atoms with Crippen LogP contribution in [0.1, 0.15) is 51.9 Å². The lowest BCUT2D eigenvalue weighted by molar-refractivity contribution is -0.130. The average molecular weight is 374 g/mol. The van der Waals surface area contributed by atoms with E-state index >= 15 is 0 Å². The van der Waals surface area contributed by atoms with E-state index in [0.29, 0.717) is 17.8 Å². The number of aromatic carboxylic acids is 1. The van der Waals surface area contributed by atoms with E-state index in [-0.39, 0.29) is 11.9 Å². The molecule has 1 fully saturated rings. The Bertz CT molecular complexity index is 693. The molecule has 1 aliphatic rings. The van der Waals surface area contributed by atoms with Gasteiger partial charge in [0.1, 0.15) is 5.54 Å². The van der Waals surface area contributed by atoms with Crippen LogP contribution < -0.4 is 0 Å². The average Bonchev–Trinajstić information content (AvgIpc) is 2.84. The van der Waals surface area contributed by atoms with Crippen molar-refractivity contribution in [3.05, 3.63) is 60.3 Å². The van der Waals surface area contributed by atoms with Gasteiger partial charge in [-0.2, -0.15) is 0 Å². The summed E-state index contributed by atoms with van der Waals surface area (Å²) in [6.07, 6.45) is 3.23. The molecule has 0 saturated carbocycles. The predicted molar refractivity (Wildman–Crippen MR) is 107 cm³/mol. The zero-order chi connectivity index (χ0) is 21.2. The molecule has 0 radical (unpaired) electrons. The molecule has 0 aromatic heterocycles. The van der Waals surface area contributed by atoms with Gasteiger partial charge in [0.05, 0.1) is 5.56 Å². The molecule has 148 valence electrons. The van der Waals surface area contributed by atoms with E-state index in [1.165, 1.54) is 11.0 Å². The van der Waals surface area contributed by atoms with E-state index in [1.807, 2.05) is 20.8 Å². The summed E-state index contributed by atoms with van der Waals surface area (Å²) in [6, 6.07) is 8.02. The first-order valence-corrected chi connectivity index (χ1v) is 8.95. The number of likely N-dealkylation sites (N-methyl/N-ethyl adjacent to an activating group) is 1. The number of nitrogens with zero attached hydrogens (tertiary/aromatic N) is 2. The number of benzene rings is 1. The standard InChI is InChI=1S/C12H18N2O2.C7H6O2.C2H6/c1-6-9(7-2)14-10(15)12(4,5)13(8-3)11(14)16;8-7(9)6-4-2-1-3-5-6;1-2/h6-7H,1,8H2,2-5H3;1-5H,(H,8,9);1-2H3/b9-7+;;. The Morgan fingerprint density at radius 2 is 1.70 bits per heavy atom. The highest BCUT2D eigenvalue weighted by atomic mass is 16.4. The Balaban J connectivity index is 0.000000519. The molecular formula is C21H30N2O4. The first-order valence-electron chi connectivity index (χ1n) is 8.95. The van der Waals surface area contributed by atoms with Crippen molar-refractivity contribution in [2.45, 2.75) is 47.1 Å². The highest BCUT2D eigenvalue weighted by molar-refractivity contribution is 6.08. The van der Waals surface area contributed by atoms with Crippen LogP contribution >= 0.6 is 0 Å². The van der Waals surface area contributed by atoms with Gasteiger partial charge in [0, 0.05) is 12.2 Å². The molecule has 1 N–H and O–H groups in total. The van der Waals surface area contributed by atoms with Crippen molar-refractivity contribution in [2.24, 2.45) is 0 Å². The highest BCUT2D eigenvalue weighted by Gasteiger charge is 2.51. The fraction of sp³-hybridized carbons (Fsp3) is 0.381. The van der Waals surface area contributed by atoms with Crippen LogP contribution in [-0.2, 0) is 4.79 Å². The number of carboxylic acids is 1. The largest absolute Gasteiger partial charge is 0.478 e. The van der Waals surface area contributed by atoms with E-state index in [9.17, 15) is 14.4 Å². The van der Waals surface area contributed by atoms with Crippen molar-refractivity contribution < 1.29 is 19.5 Å². The van der Waals surface area contributed by atoms with Crippen LogP contribution in [0.2, 0.25) is 0 Å². The van der Waals surface area contributed by atoms with Gasteiger partial charge in [-0.25, -0.2) is 14.5 Å². The summed E-state index contributed by atoms with van der Waals surface area (Å²) in [5.74, 6) is -1.08. The monoisotopic (exact) mass is 374 g/mol. The Kier molecular flexibility index (Phi) is 9.78. The van der Waals surface area contributed by atoms with Crippen molar-refractivity contribution >= 4 is 17.9 Å². The molecule has 1 aromatic rings. The number of imide groups is 1. The second-order valence-electron chi connectivity index (χ2n) is 5.82. The molecule has 0 bridgehead atoms. The quantitative estimate of drug-likeness (QED) is 0.619. The van der Waals surface area contributed by atoms with Crippen LogP contribution in [-0.4, -0.2) is 44.9 Å². The van der Waals surface area contributed by atoms with Gasteiger partial charge in [0.25, 0.3) is 5.91 Å². The fourth-order valence-corrected chi connectivity index (χ4v) is 2.51. The van der Waals surface area contributed by atoms with Gasteiger partial charge in [-0.3, -0.25) is 4.79 Å². The Morgan fingerprint density at radius 3 is 2.00 bits per heavy atom. The third-order valence-corrected chi connectivity index (χ3v) is 3.92. The first kappa shape index (κ1) is 24.1.